The average Bonchev–Trinajstić information content (AvgIpc) is 3.35. The van der Waals surface area contributed by atoms with Crippen LogP contribution < -0.4 is 5.32 Å². The van der Waals surface area contributed by atoms with Gasteiger partial charge in [0.05, 0.1) is 0 Å². The fourth-order valence-electron chi connectivity index (χ4n) is 3.59. The molecule has 4 rings (SSSR count). The van der Waals surface area contributed by atoms with Crippen molar-refractivity contribution in [2.45, 2.75) is 32.7 Å². The van der Waals surface area contributed by atoms with Gasteiger partial charge in [-0.25, -0.2) is 14.5 Å². The summed E-state index contributed by atoms with van der Waals surface area (Å²) in [6.07, 6.45) is 6.03. The molecule has 0 fully saturated rings. The number of rotatable bonds is 6. The van der Waals surface area contributed by atoms with Gasteiger partial charge >= 0.3 is 0 Å². The molecule has 0 unspecified atom stereocenters. The lowest BCUT2D eigenvalue weighted by Crippen LogP contribution is -2.31. The maximum atomic E-state index is 12.8. The summed E-state index contributed by atoms with van der Waals surface area (Å²) in [4.78, 5) is 25.9. The number of carbonyl (C=O) groups is 1. The van der Waals surface area contributed by atoms with E-state index in [4.69, 9.17) is 0 Å². The smallest absolute Gasteiger partial charge is 0.252 e. The van der Waals surface area contributed by atoms with Gasteiger partial charge in [-0.1, -0.05) is 30.3 Å². The highest BCUT2D eigenvalue weighted by Crippen LogP contribution is 2.21. The Morgan fingerprint density at radius 3 is 2.69 bits per heavy atom. The standard InChI is InChI=1S/C21H23N7O/c1-14-17(15(2)28-21(25-14)23-13-24-28)9-10-18(29)26-19(16-7-5-4-6-8-16)20-22-11-12-27(20)3/h4-8,11-13,19H,9-10H2,1-3H3,(H,26,29)/t19-/m0/s1. The topological polar surface area (TPSA) is 90.0 Å². The molecule has 4 aromatic rings. The van der Waals surface area contributed by atoms with Crippen LogP contribution in [0.4, 0.5) is 0 Å². The van der Waals surface area contributed by atoms with Crippen molar-refractivity contribution in [1.29, 1.82) is 0 Å². The first kappa shape index (κ1) is 18.8. The molecule has 3 heterocycles. The van der Waals surface area contributed by atoms with Gasteiger partial charge < -0.3 is 9.88 Å². The van der Waals surface area contributed by atoms with Crippen LogP contribution in [0.3, 0.4) is 0 Å². The summed E-state index contributed by atoms with van der Waals surface area (Å²) >= 11 is 0. The molecule has 1 atom stereocenters. The lowest BCUT2D eigenvalue weighted by Gasteiger charge is -2.19. The van der Waals surface area contributed by atoms with Crippen molar-refractivity contribution in [3.8, 4) is 0 Å². The molecule has 1 N–H and O–H groups in total. The van der Waals surface area contributed by atoms with E-state index in [1.807, 2.05) is 62.0 Å². The minimum Gasteiger partial charge on any atom is -0.342 e. The van der Waals surface area contributed by atoms with Crippen LogP contribution in [-0.2, 0) is 18.3 Å². The Morgan fingerprint density at radius 1 is 1.17 bits per heavy atom. The number of hydrogen-bond donors (Lipinski definition) is 1. The number of amides is 1. The summed E-state index contributed by atoms with van der Waals surface area (Å²) in [5.74, 6) is 1.33. The van der Waals surface area contributed by atoms with Gasteiger partial charge in [0.1, 0.15) is 18.2 Å². The SMILES string of the molecule is Cc1nc2ncnn2c(C)c1CCC(=O)N[C@@H](c1ccccc1)c1nccn1C. The van der Waals surface area contributed by atoms with E-state index in [1.165, 1.54) is 6.33 Å². The fraction of sp³-hybridized carbons (Fsp3) is 0.286. The molecule has 1 aromatic carbocycles. The molecule has 148 valence electrons. The van der Waals surface area contributed by atoms with Crippen LogP contribution in [0, 0.1) is 13.8 Å². The van der Waals surface area contributed by atoms with E-state index in [0.29, 0.717) is 18.6 Å². The van der Waals surface area contributed by atoms with Crippen molar-refractivity contribution in [2.75, 3.05) is 0 Å². The van der Waals surface area contributed by atoms with E-state index in [0.717, 1.165) is 28.3 Å². The molecule has 0 aliphatic heterocycles. The normalized spacial score (nSPS) is 12.2. The molecule has 29 heavy (non-hydrogen) atoms. The molecule has 0 aliphatic carbocycles. The van der Waals surface area contributed by atoms with E-state index in [9.17, 15) is 4.79 Å². The molecule has 0 bridgehead atoms. The number of aryl methyl sites for hydroxylation is 3. The van der Waals surface area contributed by atoms with Crippen molar-refractivity contribution in [3.05, 3.63) is 77.4 Å². The number of aromatic nitrogens is 6. The number of nitrogens with zero attached hydrogens (tertiary/aromatic N) is 6. The first-order valence-electron chi connectivity index (χ1n) is 9.52. The number of nitrogens with one attached hydrogen (secondary N) is 1. The lowest BCUT2D eigenvalue weighted by atomic mass is 10.0. The number of carbonyl (C=O) groups excluding carboxylic acids is 1. The predicted octanol–water partition coefficient (Wildman–Crippen LogP) is 2.31. The van der Waals surface area contributed by atoms with Gasteiger partial charge in [0.25, 0.3) is 5.78 Å². The van der Waals surface area contributed by atoms with Crippen LogP contribution in [0.25, 0.3) is 5.78 Å². The van der Waals surface area contributed by atoms with Crippen molar-refractivity contribution in [3.63, 3.8) is 0 Å². The second-order valence-corrected chi connectivity index (χ2v) is 7.04. The Hall–Kier alpha value is -3.55. The molecule has 0 saturated heterocycles. The zero-order valence-corrected chi connectivity index (χ0v) is 16.7. The van der Waals surface area contributed by atoms with Crippen molar-refractivity contribution >= 4 is 11.7 Å². The minimum absolute atomic E-state index is 0.0423. The molecule has 8 heteroatoms. The Balaban J connectivity index is 1.53. The summed E-state index contributed by atoms with van der Waals surface area (Å²) in [6.45, 7) is 3.92. The second-order valence-electron chi connectivity index (χ2n) is 7.04. The molecular formula is C21H23N7O. The summed E-state index contributed by atoms with van der Waals surface area (Å²) in [6, 6.07) is 9.57. The maximum absolute atomic E-state index is 12.8. The monoisotopic (exact) mass is 389 g/mol. The molecule has 0 spiro atoms. The summed E-state index contributed by atoms with van der Waals surface area (Å²) < 4.78 is 3.63. The molecule has 8 nitrogen and oxygen atoms in total. The zero-order chi connectivity index (χ0) is 20.4. The maximum Gasteiger partial charge on any atom is 0.252 e. The number of hydrogen-bond acceptors (Lipinski definition) is 5. The Morgan fingerprint density at radius 2 is 1.97 bits per heavy atom. The van der Waals surface area contributed by atoms with Gasteiger partial charge in [-0.05, 0) is 31.4 Å². The van der Waals surface area contributed by atoms with Gasteiger partial charge in [-0.3, -0.25) is 4.79 Å². The Labute approximate surface area is 168 Å². The van der Waals surface area contributed by atoms with Gasteiger partial charge in [0, 0.05) is 37.3 Å². The number of benzene rings is 1. The first-order chi connectivity index (χ1) is 14.0. The molecule has 1 amide bonds. The largest absolute Gasteiger partial charge is 0.342 e. The first-order valence-corrected chi connectivity index (χ1v) is 9.52. The second kappa shape index (κ2) is 7.83. The molecule has 0 saturated carbocycles. The highest BCUT2D eigenvalue weighted by Gasteiger charge is 2.21. The van der Waals surface area contributed by atoms with Gasteiger partial charge in [-0.2, -0.15) is 10.1 Å². The highest BCUT2D eigenvalue weighted by molar-refractivity contribution is 5.77. The van der Waals surface area contributed by atoms with E-state index >= 15 is 0 Å². The zero-order valence-electron chi connectivity index (χ0n) is 16.7. The van der Waals surface area contributed by atoms with E-state index < -0.39 is 0 Å². The number of imidazole rings is 1. The molecule has 0 radical (unpaired) electrons. The van der Waals surface area contributed by atoms with Crippen LogP contribution in [0.2, 0.25) is 0 Å². The average molecular weight is 389 g/mol. The predicted molar refractivity (Wildman–Crippen MR) is 108 cm³/mol. The third kappa shape index (κ3) is 3.73. The van der Waals surface area contributed by atoms with E-state index in [-0.39, 0.29) is 11.9 Å². The van der Waals surface area contributed by atoms with Gasteiger partial charge in [0.15, 0.2) is 0 Å². The third-order valence-corrected chi connectivity index (χ3v) is 5.15. The minimum atomic E-state index is -0.304. The molecule has 0 aliphatic rings. The van der Waals surface area contributed by atoms with Crippen molar-refractivity contribution in [2.24, 2.45) is 7.05 Å². The summed E-state index contributed by atoms with van der Waals surface area (Å²) in [5.41, 5.74) is 3.85. The van der Waals surface area contributed by atoms with Crippen LogP contribution in [0.15, 0.2) is 49.1 Å². The van der Waals surface area contributed by atoms with E-state index in [2.05, 4.69) is 25.4 Å². The van der Waals surface area contributed by atoms with Crippen LogP contribution in [-0.4, -0.2) is 35.0 Å². The lowest BCUT2D eigenvalue weighted by molar-refractivity contribution is -0.121. The van der Waals surface area contributed by atoms with Gasteiger partial charge in [0.2, 0.25) is 5.91 Å². The van der Waals surface area contributed by atoms with E-state index in [1.54, 1.807) is 10.7 Å². The Bertz CT molecular complexity index is 1150. The molecular weight excluding hydrogens is 366 g/mol. The van der Waals surface area contributed by atoms with Crippen molar-refractivity contribution in [1.82, 2.24) is 34.4 Å². The summed E-state index contributed by atoms with van der Waals surface area (Å²) in [5, 5.41) is 7.35. The summed E-state index contributed by atoms with van der Waals surface area (Å²) in [7, 11) is 1.93. The number of fused-ring (bicyclic) bond motifs is 1. The van der Waals surface area contributed by atoms with Crippen LogP contribution in [0.5, 0.6) is 0 Å². The third-order valence-electron chi connectivity index (χ3n) is 5.15. The van der Waals surface area contributed by atoms with Crippen molar-refractivity contribution < 1.29 is 4.79 Å². The van der Waals surface area contributed by atoms with Crippen LogP contribution >= 0.6 is 0 Å². The molecule has 3 aromatic heterocycles. The fourth-order valence-corrected chi connectivity index (χ4v) is 3.59. The Kier molecular flexibility index (Phi) is 5.07. The quantitative estimate of drug-likeness (QED) is 0.547. The van der Waals surface area contributed by atoms with Gasteiger partial charge in [-0.15, -0.1) is 0 Å². The highest BCUT2D eigenvalue weighted by atomic mass is 16.1. The van der Waals surface area contributed by atoms with Crippen LogP contribution in [0.1, 0.15) is 40.8 Å².